The van der Waals surface area contributed by atoms with Gasteiger partial charge >= 0.3 is 5.97 Å². The molecule has 30 heavy (non-hydrogen) atoms. The average Bonchev–Trinajstić information content (AvgIpc) is 3.31. The zero-order chi connectivity index (χ0) is 21.4. The predicted molar refractivity (Wildman–Crippen MR) is 110 cm³/mol. The van der Waals surface area contributed by atoms with Gasteiger partial charge < -0.3 is 9.52 Å². The summed E-state index contributed by atoms with van der Waals surface area (Å²) in [5.74, 6) is -1.61. The summed E-state index contributed by atoms with van der Waals surface area (Å²) in [7, 11) is 0. The topological polar surface area (TPSA) is 109 Å². The van der Waals surface area contributed by atoms with Crippen LogP contribution in [-0.2, 0) is 9.59 Å². The first-order chi connectivity index (χ1) is 14.3. The minimum atomic E-state index is -1.16. The van der Waals surface area contributed by atoms with Gasteiger partial charge in [0.2, 0.25) is 0 Å². The second-order valence-corrected chi connectivity index (χ2v) is 7.10. The van der Waals surface area contributed by atoms with Crippen LogP contribution in [0.25, 0.3) is 16.9 Å². The molecule has 0 bridgehead atoms. The minimum Gasteiger partial charge on any atom is -0.478 e. The van der Waals surface area contributed by atoms with E-state index in [0.717, 1.165) is 5.56 Å². The number of hydrogen-bond acceptors (Lipinski definition) is 4. The van der Waals surface area contributed by atoms with Gasteiger partial charge in [-0.2, -0.15) is 0 Å². The molecule has 2 heterocycles. The number of benzene rings is 2. The summed E-state index contributed by atoms with van der Waals surface area (Å²) in [6.07, 6.45) is 0. The molecule has 1 aliphatic heterocycles. The van der Waals surface area contributed by atoms with E-state index in [1.807, 2.05) is 25.1 Å². The Morgan fingerprint density at radius 1 is 1.00 bits per heavy atom. The third kappa shape index (κ3) is 3.46. The van der Waals surface area contributed by atoms with Crippen LogP contribution in [0.3, 0.4) is 0 Å². The Morgan fingerprint density at radius 2 is 1.73 bits per heavy atom. The van der Waals surface area contributed by atoms with E-state index in [9.17, 15) is 19.5 Å². The van der Waals surface area contributed by atoms with Gasteiger partial charge in [0.25, 0.3) is 11.8 Å². The van der Waals surface area contributed by atoms with Crippen LogP contribution in [0.15, 0.2) is 64.6 Å². The highest BCUT2D eigenvalue weighted by molar-refractivity contribution is 6.33. The quantitative estimate of drug-likeness (QED) is 0.440. The summed E-state index contributed by atoms with van der Waals surface area (Å²) in [5.41, 5.74) is 6.90. The van der Waals surface area contributed by atoms with Gasteiger partial charge in [-0.05, 0) is 42.8 Å². The molecule has 0 aliphatic carbocycles. The molecule has 7 nitrogen and oxygen atoms in total. The van der Waals surface area contributed by atoms with Gasteiger partial charge in [0.05, 0.1) is 10.6 Å². The molecule has 3 N–H and O–H groups in total. The second-order valence-electron chi connectivity index (χ2n) is 6.69. The monoisotopic (exact) mass is 422 g/mol. The normalized spacial score (nSPS) is 13.2. The number of hydrazine groups is 1. The fourth-order valence-electron chi connectivity index (χ4n) is 3.25. The first-order valence-electron chi connectivity index (χ1n) is 8.90. The van der Waals surface area contributed by atoms with E-state index in [4.69, 9.17) is 16.0 Å². The summed E-state index contributed by atoms with van der Waals surface area (Å²) in [4.78, 5) is 36.0. The maximum Gasteiger partial charge on any atom is 0.337 e. The van der Waals surface area contributed by atoms with E-state index in [-0.39, 0.29) is 16.2 Å². The van der Waals surface area contributed by atoms with Crippen molar-refractivity contribution in [2.75, 3.05) is 0 Å². The lowest BCUT2D eigenvalue weighted by Gasteiger charge is -2.08. The lowest BCUT2D eigenvalue weighted by atomic mass is 9.96. The van der Waals surface area contributed by atoms with Gasteiger partial charge in [-0.1, -0.05) is 41.4 Å². The van der Waals surface area contributed by atoms with E-state index < -0.39 is 17.8 Å². The van der Waals surface area contributed by atoms with E-state index in [0.29, 0.717) is 28.2 Å². The molecule has 0 atom stereocenters. The molecular weight excluding hydrogens is 408 g/mol. The Labute approximate surface area is 175 Å². The number of halogens is 1. The van der Waals surface area contributed by atoms with E-state index in [1.54, 1.807) is 24.3 Å². The third-order valence-corrected chi connectivity index (χ3v) is 4.96. The third-order valence-electron chi connectivity index (χ3n) is 4.63. The molecule has 1 saturated heterocycles. The van der Waals surface area contributed by atoms with E-state index >= 15 is 0 Å². The Kier molecular flexibility index (Phi) is 4.89. The fraction of sp³-hybridized carbons (Fsp3) is 0.0455. The van der Waals surface area contributed by atoms with Crippen LogP contribution in [0.2, 0.25) is 5.02 Å². The first-order valence-corrected chi connectivity index (χ1v) is 9.28. The van der Waals surface area contributed by atoms with Crippen molar-refractivity contribution in [3.05, 3.63) is 87.6 Å². The number of carboxylic acid groups (broad SMARTS) is 1. The average molecular weight is 423 g/mol. The van der Waals surface area contributed by atoms with Crippen LogP contribution in [0.1, 0.15) is 27.2 Å². The van der Waals surface area contributed by atoms with E-state index in [2.05, 4.69) is 10.9 Å². The lowest BCUT2D eigenvalue weighted by Crippen LogP contribution is -2.28. The Morgan fingerprint density at radius 3 is 2.40 bits per heavy atom. The highest BCUT2D eigenvalue weighted by atomic mass is 35.5. The Hall–Kier alpha value is -3.84. The molecule has 0 unspecified atom stereocenters. The summed E-state index contributed by atoms with van der Waals surface area (Å²) in [5, 5.41) is 9.41. The highest BCUT2D eigenvalue weighted by Crippen LogP contribution is 2.34. The van der Waals surface area contributed by atoms with Crippen molar-refractivity contribution in [2.24, 2.45) is 0 Å². The fourth-order valence-corrected chi connectivity index (χ4v) is 3.45. The first kappa shape index (κ1) is 19.5. The molecule has 1 aromatic heterocycles. The van der Waals surface area contributed by atoms with Crippen LogP contribution in [-0.4, -0.2) is 22.9 Å². The molecule has 1 fully saturated rings. The summed E-state index contributed by atoms with van der Waals surface area (Å²) < 4.78 is 5.96. The number of amides is 2. The SMILES string of the molecule is Cc1cccc(C(=C2C(=O)NNC2=O)c2ccc(-c3ccc(Cl)c(C(=O)O)c3)o2)c1. The van der Waals surface area contributed by atoms with Crippen LogP contribution >= 0.6 is 11.6 Å². The molecule has 3 aromatic rings. The molecule has 1 aliphatic rings. The molecule has 150 valence electrons. The number of hydrogen-bond donors (Lipinski definition) is 3. The Balaban J connectivity index is 1.87. The number of carbonyl (C=O) groups is 3. The van der Waals surface area contributed by atoms with Gasteiger partial charge in [0, 0.05) is 11.1 Å². The number of aryl methyl sites for hydroxylation is 1. The number of furan rings is 1. The molecular formula is C22H15ClN2O5. The zero-order valence-electron chi connectivity index (χ0n) is 15.7. The molecule has 8 heteroatoms. The van der Waals surface area contributed by atoms with Crippen molar-refractivity contribution in [1.29, 1.82) is 0 Å². The van der Waals surface area contributed by atoms with E-state index in [1.165, 1.54) is 12.1 Å². The maximum atomic E-state index is 12.3. The Bertz CT molecular complexity index is 1220. The highest BCUT2D eigenvalue weighted by Gasteiger charge is 2.32. The number of rotatable bonds is 4. The van der Waals surface area contributed by atoms with Crippen molar-refractivity contribution in [3.63, 3.8) is 0 Å². The molecule has 4 rings (SSSR count). The molecule has 2 amide bonds. The summed E-state index contributed by atoms with van der Waals surface area (Å²) >= 11 is 5.94. The largest absolute Gasteiger partial charge is 0.478 e. The van der Waals surface area contributed by atoms with Crippen LogP contribution in [0, 0.1) is 6.92 Å². The predicted octanol–water partition coefficient (Wildman–Crippen LogP) is 3.57. The number of carbonyl (C=O) groups excluding carboxylic acids is 2. The summed E-state index contributed by atoms with van der Waals surface area (Å²) in [6, 6.07) is 15.1. The lowest BCUT2D eigenvalue weighted by molar-refractivity contribution is -0.117. The van der Waals surface area contributed by atoms with Gasteiger partial charge in [-0.3, -0.25) is 20.4 Å². The van der Waals surface area contributed by atoms with Gasteiger partial charge in [-0.15, -0.1) is 0 Å². The van der Waals surface area contributed by atoms with Gasteiger partial charge in [0.1, 0.15) is 17.1 Å². The van der Waals surface area contributed by atoms with Crippen LogP contribution in [0.5, 0.6) is 0 Å². The second kappa shape index (κ2) is 7.53. The number of nitrogens with one attached hydrogen (secondary N) is 2. The van der Waals surface area contributed by atoms with Crippen molar-refractivity contribution in [3.8, 4) is 11.3 Å². The smallest absolute Gasteiger partial charge is 0.337 e. The van der Waals surface area contributed by atoms with Crippen molar-refractivity contribution < 1.29 is 23.9 Å². The number of aromatic carboxylic acids is 1. The molecule has 2 aromatic carbocycles. The van der Waals surface area contributed by atoms with Crippen LogP contribution < -0.4 is 10.9 Å². The minimum absolute atomic E-state index is 0.0565. The zero-order valence-corrected chi connectivity index (χ0v) is 16.4. The van der Waals surface area contributed by atoms with Crippen LogP contribution in [0.4, 0.5) is 0 Å². The van der Waals surface area contributed by atoms with Gasteiger partial charge in [0.15, 0.2) is 0 Å². The van der Waals surface area contributed by atoms with Crippen molar-refractivity contribution in [1.82, 2.24) is 10.9 Å². The van der Waals surface area contributed by atoms with Gasteiger partial charge in [-0.25, -0.2) is 4.79 Å². The number of carboxylic acids is 1. The molecule has 0 spiro atoms. The maximum absolute atomic E-state index is 12.3. The van der Waals surface area contributed by atoms with Crippen molar-refractivity contribution >= 4 is 35.0 Å². The standard InChI is InChI=1S/C22H15ClN2O5/c1-11-3-2-4-13(9-11)18(19-20(26)24-25-21(19)27)17-8-7-16(30-17)12-5-6-15(23)14(10-12)22(28)29/h2-10H,1H3,(H,24,26)(H,25,27)(H,28,29). The van der Waals surface area contributed by atoms with Crippen molar-refractivity contribution in [2.45, 2.75) is 6.92 Å². The molecule has 0 radical (unpaired) electrons. The summed E-state index contributed by atoms with van der Waals surface area (Å²) in [6.45, 7) is 1.90. The molecule has 0 saturated carbocycles.